The molecule has 4 nitrogen and oxygen atoms in total. The molecule has 1 unspecified atom stereocenters. The molecule has 1 N–H and O–H groups in total. The molecule has 1 aromatic rings. The zero-order valence-corrected chi connectivity index (χ0v) is 10.7. The second-order valence-corrected chi connectivity index (χ2v) is 4.56. The summed E-state index contributed by atoms with van der Waals surface area (Å²) < 4.78 is 5.29. The van der Waals surface area contributed by atoms with E-state index in [9.17, 15) is 4.79 Å². The van der Waals surface area contributed by atoms with Crippen LogP contribution in [-0.4, -0.2) is 31.6 Å². The minimum absolute atomic E-state index is 0.0112. The average molecular weight is 234 g/mol. The van der Waals surface area contributed by atoms with Gasteiger partial charge in [-0.25, -0.2) is 4.79 Å². The number of hydrogen-bond donors (Lipinski definition) is 1. The highest BCUT2D eigenvalue weighted by atomic mass is 16.5. The lowest BCUT2D eigenvalue weighted by molar-refractivity contribution is 0.226. The molecule has 1 fully saturated rings. The van der Waals surface area contributed by atoms with Crippen LogP contribution in [0.5, 0.6) is 5.75 Å². The number of rotatable bonds is 2. The van der Waals surface area contributed by atoms with Crippen LogP contribution in [0.25, 0.3) is 0 Å². The maximum atomic E-state index is 11.5. The van der Waals surface area contributed by atoms with Crippen molar-refractivity contribution in [2.24, 2.45) is 0 Å². The molecule has 1 atom stereocenters. The van der Waals surface area contributed by atoms with E-state index in [0.717, 1.165) is 16.9 Å². The van der Waals surface area contributed by atoms with E-state index in [-0.39, 0.29) is 12.1 Å². The molecule has 2 amide bonds. The number of amides is 2. The predicted octanol–water partition coefficient (Wildman–Crippen LogP) is 2.01. The highest BCUT2D eigenvalue weighted by Gasteiger charge is 2.28. The largest absolute Gasteiger partial charge is 0.496 e. The first-order chi connectivity index (χ1) is 8.02. The summed E-state index contributed by atoms with van der Waals surface area (Å²) in [5, 5.41) is 2.97. The van der Waals surface area contributed by atoms with Crippen molar-refractivity contribution in [1.82, 2.24) is 10.2 Å². The first-order valence-corrected chi connectivity index (χ1v) is 5.69. The van der Waals surface area contributed by atoms with Gasteiger partial charge in [0, 0.05) is 13.6 Å². The maximum absolute atomic E-state index is 11.5. The van der Waals surface area contributed by atoms with Crippen molar-refractivity contribution in [3.8, 4) is 5.75 Å². The number of nitrogens with zero attached hydrogens (tertiary/aromatic N) is 1. The molecular formula is C13H18N2O2. The van der Waals surface area contributed by atoms with Crippen LogP contribution >= 0.6 is 0 Å². The van der Waals surface area contributed by atoms with Gasteiger partial charge in [-0.1, -0.05) is 6.07 Å². The molecule has 0 aliphatic carbocycles. The first kappa shape index (κ1) is 11.8. The number of likely N-dealkylation sites (N-methyl/N-ethyl adjacent to an activating group) is 1. The summed E-state index contributed by atoms with van der Waals surface area (Å²) in [7, 11) is 3.48. The Balaban J connectivity index is 2.34. The Morgan fingerprint density at radius 2 is 2.06 bits per heavy atom. The van der Waals surface area contributed by atoms with Gasteiger partial charge in [-0.3, -0.25) is 0 Å². The van der Waals surface area contributed by atoms with E-state index in [4.69, 9.17) is 4.74 Å². The topological polar surface area (TPSA) is 41.6 Å². The number of carbonyl (C=O) groups excluding carboxylic acids is 1. The normalized spacial score (nSPS) is 19.4. The van der Waals surface area contributed by atoms with Gasteiger partial charge >= 0.3 is 6.03 Å². The summed E-state index contributed by atoms with van der Waals surface area (Å²) in [5.41, 5.74) is 3.41. The molecule has 1 heterocycles. The van der Waals surface area contributed by atoms with Gasteiger partial charge in [0.05, 0.1) is 13.2 Å². The number of carbonyl (C=O) groups is 1. The summed E-state index contributed by atoms with van der Waals surface area (Å²) in [6.07, 6.45) is 0. The molecule has 2 rings (SSSR count). The molecule has 1 aliphatic rings. The SMILES string of the molecule is COc1cc(C)c(C2CN(C)C(=O)N2)cc1C. The first-order valence-electron chi connectivity index (χ1n) is 5.69. The average Bonchev–Trinajstić information content (AvgIpc) is 2.61. The second kappa shape index (κ2) is 4.28. The zero-order valence-electron chi connectivity index (χ0n) is 10.7. The Kier molecular flexibility index (Phi) is 2.96. The van der Waals surface area contributed by atoms with Crippen LogP contribution in [0.15, 0.2) is 12.1 Å². The smallest absolute Gasteiger partial charge is 0.317 e. The van der Waals surface area contributed by atoms with Crippen molar-refractivity contribution in [3.63, 3.8) is 0 Å². The van der Waals surface area contributed by atoms with Crippen molar-refractivity contribution >= 4 is 6.03 Å². The molecule has 0 bridgehead atoms. The van der Waals surface area contributed by atoms with Crippen LogP contribution in [0.3, 0.4) is 0 Å². The van der Waals surface area contributed by atoms with Crippen LogP contribution in [0.1, 0.15) is 22.7 Å². The minimum atomic E-state index is -0.0112. The highest BCUT2D eigenvalue weighted by Crippen LogP contribution is 2.28. The Hall–Kier alpha value is -1.71. The predicted molar refractivity (Wildman–Crippen MR) is 66.4 cm³/mol. The van der Waals surface area contributed by atoms with Gasteiger partial charge in [0.25, 0.3) is 0 Å². The van der Waals surface area contributed by atoms with Gasteiger partial charge < -0.3 is 15.0 Å². The van der Waals surface area contributed by atoms with Crippen LogP contribution in [0.4, 0.5) is 4.79 Å². The van der Waals surface area contributed by atoms with E-state index in [1.165, 1.54) is 5.56 Å². The molecule has 0 radical (unpaired) electrons. The number of urea groups is 1. The zero-order chi connectivity index (χ0) is 12.6. The molecule has 1 aromatic carbocycles. The second-order valence-electron chi connectivity index (χ2n) is 4.56. The minimum Gasteiger partial charge on any atom is -0.496 e. The summed E-state index contributed by atoms with van der Waals surface area (Å²) in [4.78, 5) is 13.2. The summed E-state index contributed by atoms with van der Waals surface area (Å²) in [5.74, 6) is 0.893. The van der Waals surface area contributed by atoms with E-state index >= 15 is 0 Å². The Morgan fingerprint density at radius 3 is 2.59 bits per heavy atom. The van der Waals surface area contributed by atoms with Crippen molar-refractivity contribution in [2.75, 3.05) is 20.7 Å². The number of benzene rings is 1. The third-order valence-corrected chi connectivity index (χ3v) is 3.26. The standard InChI is InChI=1S/C13H18N2O2/c1-8-6-12(17-4)9(2)5-10(8)11-7-15(3)13(16)14-11/h5-6,11H,7H2,1-4H3,(H,14,16). The third-order valence-electron chi connectivity index (χ3n) is 3.26. The van der Waals surface area contributed by atoms with Gasteiger partial charge in [-0.15, -0.1) is 0 Å². The van der Waals surface area contributed by atoms with E-state index in [2.05, 4.69) is 11.4 Å². The number of aryl methyl sites for hydroxylation is 2. The number of methoxy groups -OCH3 is 1. The van der Waals surface area contributed by atoms with Gasteiger partial charge in [0.1, 0.15) is 5.75 Å². The van der Waals surface area contributed by atoms with E-state index in [1.54, 1.807) is 19.1 Å². The molecule has 1 saturated heterocycles. The Bertz CT molecular complexity index is 457. The van der Waals surface area contributed by atoms with E-state index in [0.29, 0.717) is 6.54 Å². The molecule has 4 heteroatoms. The fraction of sp³-hybridized carbons (Fsp3) is 0.462. The van der Waals surface area contributed by atoms with Gasteiger partial charge in [0.2, 0.25) is 0 Å². The molecular weight excluding hydrogens is 216 g/mol. The molecule has 1 aliphatic heterocycles. The highest BCUT2D eigenvalue weighted by molar-refractivity contribution is 5.77. The molecule has 17 heavy (non-hydrogen) atoms. The fourth-order valence-electron chi connectivity index (χ4n) is 2.25. The van der Waals surface area contributed by atoms with Crippen LogP contribution in [0, 0.1) is 13.8 Å². The number of hydrogen-bond acceptors (Lipinski definition) is 2. The van der Waals surface area contributed by atoms with E-state index < -0.39 is 0 Å². The quantitative estimate of drug-likeness (QED) is 0.850. The molecule has 0 saturated carbocycles. The third kappa shape index (κ3) is 2.07. The maximum Gasteiger partial charge on any atom is 0.317 e. The van der Waals surface area contributed by atoms with Gasteiger partial charge in [-0.05, 0) is 36.6 Å². The number of ether oxygens (including phenoxy) is 1. The fourth-order valence-corrected chi connectivity index (χ4v) is 2.25. The lowest BCUT2D eigenvalue weighted by Crippen LogP contribution is -2.24. The monoisotopic (exact) mass is 234 g/mol. The molecule has 92 valence electrons. The van der Waals surface area contributed by atoms with Crippen molar-refractivity contribution < 1.29 is 9.53 Å². The van der Waals surface area contributed by atoms with Crippen LogP contribution in [-0.2, 0) is 0 Å². The van der Waals surface area contributed by atoms with E-state index in [1.807, 2.05) is 19.9 Å². The van der Waals surface area contributed by atoms with Gasteiger partial charge in [-0.2, -0.15) is 0 Å². The molecule has 0 aromatic heterocycles. The Labute approximate surface area is 102 Å². The van der Waals surface area contributed by atoms with Crippen LogP contribution in [0.2, 0.25) is 0 Å². The lowest BCUT2D eigenvalue weighted by atomic mass is 9.98. The van der Waals surface area contributed by atoms with Crippen molar-refractivity contribution in [1.29, 1.82) is 0 Å². The molecule has 0 spiro atoms. The van der Waals surface area contributed by atoms with Crippen molar-refractivity contribution in [2.45, 2.75) is 19.9 Å². The van der Waals surface area contributed by atoms with Gasteiger partial charge in [0.15, 0.2) is 0 Å². The lowest BCUT2D eigenvalue weighted by Gasteiger charge is -2.16. The summed E-state index contributed by atoms with van der Waals surface area (Å²) >= 11 is 0. The van der Waals surface area contributed by atoms with Crippen molar-refractivity contribution in [3.05, 3.63) is 28.8 Å². The summed E-state index contributed by atoms with van der Waals surface area (Å²) in [6, 6.07) is 4.19. The summed E-state index contributed by atoms with van der Waals surface area (Å²) in [6.45, 7) is 4.77. The van der Waals surface area contributed by atoms with Crippen LogP contribution < -0.4 is 10.1 Å². The number of nitrogens with one attached hydrogen (secondary N) is 1. The Morgan fingerprint density at radius 1 is 1.35 bits per heavy atom.